The molecule has 0 aliphatic heterocycles. The molecule has 0 radical (unpaired) electrons. The van der Waals surface area contributed by atoms with Gasteiger partial charge in [0.15, 0.2) is 11.6 Å². The van der Waals surface area contributed by atoms with Crippen molar-refractivity contribution in [1.82, 2.24) is 4.98 Å². The Morgan fingerprint density at radius 2 is 2.23 bits per heavy atom. The topological polar surface area (TPSA) is 59.4 Å². The van der Waals surface area contributed by atoms with Gasteiger partial charge in [-0.25, -0.2) is 9.37 Å². The van der Waals surface area contributed by atoms with E-state index in [-0.39, 0.29) is 18.8 Å². The van der Waals surface area contributed by atoms with Crippen LogP contribution in [0.1, 0.15) is 37.3 Å². The Labute approximate surface area is 156 Å². The van der Waals surface area contributed by atoms with Crippen LogP contribution >= 0.6 is 11.8 Å². The lowest BCUT2D eigenvalue weighted by Gasteiger charge is -2.24. The van der Waals surface area contributed by atoms with Crippen molar-refractivity contribution >= 4 is 17.7 Å². The lowest BCUT2D eigenvalue weighted by Crippen LogP contribution is -2.14. The lowest BCUT2D eigenvalue weighted by atomic mass is 10.0. The van der Waals surface area contributed by atoms with Crippen molar-refractivity contribution < 1.29 is 19.0 Å². The summed E-state index contributed by atoms with van der Waals surface area (Å²) >= 11 is 1.77. The summed E-state index contributed by atoms with van der Waals surface area (Å²) in [5.41, 5.74) is 1.60. The van der Waals surface area contributed by atoms with Crippen LogP contribution in [0.25, 0.3) is 0 Å². The second kappa shape index (κ2) is 8.54. The van der Waals surface area contributed by atoms with E-state index in [1.165, 1.54) is 25.3 Å². The average molecular weight is 375 g/mol. The van der Waals surface area contributed by atoms with Crippen molar-refractivity contribution in [2.45, 2.75) is 49.5 Å². The molecule has 0 bridgehead atoms. The number of hydrogen-bond acceptors (Lipinski definition) is 4. The van der Waals surface area contributed by atoms with Gasteiger partial charge in [-0.15, -0.1) is 11.8 Å². The maximum atomic E-state index is 14.3. The minimum absolute atomic E-state index is 0.167. The van der Waals surface area contributed by atoms with Crippen LogP contribution in [0, 0.1) is 11.7 Å². The molecular formula is C20H22FNO3S. The number of aromatic nitrogens is 1. The second-order valence-corrected chi connectivity index (χ2v) is 7.92. The third-order valence-electron chi connectivity index (χ3n) is 4.52. The van der Waals surface area contributed by atoms with Gasteiger partial charge < -0.3 is 9.84 Å². The highest BCUT2D eigenvalue weighted by Crippen LogP contribution is 2.37. The molecule has 1 fully saturated rings. The number of nitrogens with zero attached hydrogens (tertiary/aromatic N) is 1. The second-order valence-electron chi connectivity index (χ2n) is 6.64. The van der Waals surface area contributed by atoms with Gasteiger partial charge in [-0.05, 0) is 43.0 Å². The fourth-order valence-corrected chi connectivity index (χ4v) is 3.96. The molecule has 1 aromatic carbocycles. The van der Waals surface area contributed by atoms with E-state index in [9.17, 15) is 9.18 Å². The molecule has 1 heterocycles. The van der Waals surface area contributed by atoms with E-state index < -0.39 is 17.7 Å². The van der Waals surface area contributed by atoms with Crippen LogP contribution in [0.2, 0.25) is 0 Å². The number of aliphatic carboxylic acids is 1. The number of hydrogen-bond donors (Lipinski definition) is 1. The van der Waals surface area contributed by atoms with Gasteiger partial charge in [-0.3, -0.25) is 4.79 Å². The van der Waals surface area contributed by atoms with E-state index >= 15 is 0 Å². The van der Waals surface area contributed by atoms with E-state index in [0.29, 0.717) is 10.8 Å². The molecule has 138 valence electrons. The molecule has 1 N–H and O–H groups in total. The van der Waals surface area contributed by atoms with E-state index in [4.69, 9.17) is 9.84 Å². The molecule has 1 aliphatic carbocycles. The molecule has 6 heteroatoms. The Bertz CT molecular complexity index is 779. The highest BCUT2D eigenvalue weighted by molar-refractivity contribution is 8.00. The molecular weight excluding hydrogens is 353 g/mol. The van der Waals surface area contributed by atoms with E-state index in [1.54, 1.807) is 37.0 Å². The van der Waals surface area contributed by atoms with Gasteiger partial charge in [0.25, 0.3) is 0 Å². The summed E-state index contributed by atoms with van der Waals surface area (Å²) in [7, 11) is 0. The third-order valence-corrected chi connectivity index (χ3v) is 5.92. The predicted molar refractivity (Wildman–Crippen MR) is 99.0 cm³/mol. The first-order chi connectivity index (χ1) is 12.5. The molecule has 4 nitrogen and oxygen atoms in total. The fraction of sp³-hybridized carbons (Fsp3) is 0.400. The van der Waals surface area contributed by atoms with Crippen molar-refractivity contribution in [2.75, 3.05) is 0 Å². The van der Waals surface area contributed by atoms with E-state index in [1.807, 2.05) is 12.1 Å². The van der Waals surface area contributed by atoms with Crippen molar-refractivity contribution in [2.24, 2.45) is 5.92 Å². The standard InChI is InChI=1S/C20H22FNO3S/c1-13(20(23)24)10-14-7-8-18(17(21)11-14)25-12-15-4-3-9-22-19(15)26-16-5-2-6-16/h3-4,7-9,11,13,16H,2,5-6,10,12H2,1H3,(H,23,24). The van der Waals surface area contributed by atoms with Crippen molar-refractivity contribution in [3.05, 3.63) is 53.5 Å². The van der Waals surface area contributed by atoms with Crippen LogP contribution in [0.5, 0.6) is 5.75 Å². The number of thioether (sulfide) groups is 1. The summed E-state index contributed by atoms with van der Waals surface area (Å²) < 4.78 is 19.9. The highest BCUT2D eigenvalue weighted by atomic mass is 32.2. The Morgan fingerprint density at radius 1 is 1.42 bits per heavy atom. The average Bonchev–Trinajstić information content (AvgIpc) is 2.58. The van der Waals surface area contributed by atoms with Gasteiger partial charge in [-0.1, -0.05) is 25.5 Å². The molecule has 0 saturated heterocycles. The predicted octanol–water partition coefficient (Wildman–Crippen LogP) is 4.71. The maximum Gasteiger partial charge on any atom is 0.306 e. The highest BCUT2D eigenvalue weighted by Gasteiger charge is 2.21. The zero-order chi connectivity index (χ0) is 18.5. The summed E-state index contributed by atoms with van der Waals surface area (Å²) in [5.74, 6) is -1.75. The minimum atomic E-state index is -0.890. The molecule has 26 heavy (non-hydrogen) atoms. The van der Waals surface area contributed by atoms with E-state index in [0.717, 1.165) is 10.6 Å². The molecule has 1 atom stereocenters. The first kappa shape index (κ1) is 18.7. The Balaban J connectivity index is 1.63. The molecule has 1 saturated carbocycles. The molecule has 1 aliphatic rings. The first-order valence-corrected chi connectivity index (χ1v) is 9.65. The molecule has 1 aromatic heterocycles. The number of pyridine rings is 1. The van der Waals surface area contributed by atoms with Crippen LogP contribution in [0.15, 0.2) is 41.6 Å². The molecule has 2 aromatic rings. The van der Waals surface area contributed by atoms with Crippen LogP contribution in [-0.4, -0.2) is 21.3 Å². The van der Waals surface area contributed by atoms with Crippen molar-refractivity contribution in [3.8, 4) is 5.75 Å². The summed E-state index contributed by atoms with van der Waals surface area (Å²) in [5, 5.41) is 10.5. The third kappa shape index (κ3) is 4.75. The van der Waals surface area contributed by atoms with Gasteiger partial charge >= 0.3 is 5.97 Å². The van der Waals surface area contributed by atoms with Gasteiger partial charge in [-0.2, -0.15) is 0 Å². The number of rotatable bonds is 8. The first-order valence-electron chi connectivity index (χ1n) is 8.77. The number of halogens is 1. The van der Waals surface area contributed by atoms with Gasteiger partial charge in [0.2, 0.25) is 0 Å². The Hall–Kier alpha value is -2.08. The van der Waals surface area contributed by atoms with Crippen LogP contribution in [0.4, 0.5) is 4.39 Å². The maximum absolute atomic E-state index is 14.3. The summed E-state index contributed by atoms with van der Waals surface area (Å²) in [6.07, 6.45) is 5.76. The number of carbonyl (C=O) groups is 1. The minimum Gasteiger partial charge on any atom is -0.486 e. The smallest absolute Gasteiger partial charge is 0.306 e. The summed E-state index contributed by atoms with van der Waals surface area (Å²) in [6.45, 7) is 1.86. The molecule has 0 amide bonds. The van der Waals surface area contributed by atoms with Crippen LogP contribution in [0.3, 0.4) is 0 Å². The number of carboxylic acid groups (broad SMARTS) is 1. The Kier molecular flexibility index (Phi) is 6.14. The van der Waals surface area contributed by atoms with Gasteiger partial charge in [0.05, 0.1) is 5.92 Å². The van der Waals surface area contributed by atoms with Crippen LogP contribution < -0.4 is 4.74 Å². The zero-order valence-electron chi connectivity index (χ0n) is 14.7. The van der Waals surface area contributed by atoms with Gasteiger partial charge in [0.1, 0.15) is 11.6 Å². The summed E-state index contributed by atoms with van der Waals surface area (Å²) in [4.78, 5) is 15.4. The fourth-order valence-electron chi connectivity index (χ4n) is 2.67. The molecule has 3 rings (SSSR count). The number of carboxylic acids is 1. The number of ether oxygens (including phenoxy) is 1. The van der Waals surface area contributed by atoms with Crippen LogP contribution in [-0.2, 0) is 17.8 Å². The zero-order valence-corrected chi connectivity index (χ0v) is 15.5. The largest absolute Gasteiger partial charge is 0.486 e. The lowest BCUT2D eigenvalue weighted by molar-refractivity contribution is -0.141. The normalized spacial score (nSPS) is 15.3. The summed E-state index contributed by atoms with van der Waals surface area (Å²) in [6, 6.07) is 8.44. The SMILES string of the molecule is CC(Cc1ccc(OCc2cccnc2SC2CCC2)c(F)c1)C(=O)O. The monoisotopic (exact) mass is 375 g/mol. The molecule has 1 unspecified atom stereocenters. The van der Waals surface area contributed by atoms with Crippen molar-refractivity contribution in [1.29, 1.82) is 0 Å². The van der Waals surface area contributed by atoms with Crippen molar-refractivity contribution in [3.63, 3.8) is 0 Å². The van der Waals surface area contributed by atoms with E-state index in [2.05, 4.69) is 4.98 Å². The quantitative estimate of drug-likeness (QED) is 0.724. The Morgan fingerprint density at radius 3 is 2.88 bits per heavy atom. The van der Waals surface area contributed by atoms with Gasteiger partial charge in [0, 0.05) is 17.0 Å². The molecule has 0 spiro atoms. The number of benzene rings is 1.